The molecule has 1 spiro atoms. The van der Waals surface area contributed by atoms with Gasteiger partial charge >= 0.3 is 0 Å². The van der Waals surface area contributed by atoms with Crippen LogP contribution in [0.5, 0.6) is 11.5 Å². The third-order valence-corrected chi connectivity index (χ3v) is 7.88. The molecule has 4 aliphatic rings. The molecule has 1 aromatic carbocycles. The van der Waals surface area contributed by atoms with E-state index in [4.69, 9.17) is 11.8 Å². The van der Waals surface area contributed by atoms with E-state index in [0.717, 1.165) is 11.1 Å². The lowest BCUT2D eigenvalue weighted by Gasteiger charge is -2.68. The standard InChI is InChI=1S/C21H24NO4/c1-4-10-22(3)11-9-20-16-13-5-6-14(23)17(16)26-18(20)15(24)7-8-21(20,25)19(22,2)12-13/h3-6,18,23,25H,1,7-12H2,2H3/q+1. The predicted molar refractivity (Wildman–Crippen MR) is 94.6 cm³/mol. The SMILES string of the molecule is [CH][N+]1(CC=C)CCC23c4c5ccc(O)c4OC2C(=O)CCC3(O)C1(C)C5. The van der Waals surface area contributed by atoms with Crippen LogP contribution >= 0.6 is 0 Å². The lowest BCUT2D eigenvalue weighted by atomic mass is 9.44. The third kappa shape index (κ3) is 1.40. The third-order valence-electron chi connectivity index (χ3n) is 7.88. The van der Waals surface area contributed by atoms with Gasteiger partial charge in [0.25, 0.3) is 0 Å². The highest BCUT2D eigenvalue weighted by molar-refractivity contribution is 5.90. The normalized spacial score (nSPS) is 45.0. The van der Waals surface area contributed by atoms with Crippen LogP contribution in [0.1, 0.15) is 37.3 Å². The summed E-state index contributed by atoms with van der Waals surface area (Å²) in [5.74, 6) is 0.418. The van der Waals surface area contributed by atoms with Crippen LogP contribution in [0.3, 0.4) is 0 Å². The van der Waals surface area contributed by atoms with Gasteiger partial charge in [-0.3, -0.25) is 4.79 Å². The molecule has 0 aromatic heterocycles. The van der Waals surface area contributed by atoms with Crippen molar-refractivity contribution < 1.29 is 24.2 Å². The summed E-state index contributed by atoms with van der Waals surface area (Å²) in [7, 11) is 6.86. The van der Waals surface area contributed by atoms with E-state index in [1.54, 1.807) is 12.1 Å². The molecule has 5 nitrogen and oxygen atoms in total. The van der Waals surface area contributed by atoms with E-state index < -0.39 is 22.7 Å². The summed E-state index contributed by atoms with van der Waals surface area (Å²) in [6.45, 7) is 7.07. The number of carbonyl (C=O) groups excluding carboxylic acids is 1. The van der Waals surface area contributed by atoms with Gasteiger partial charge in [0.15, 0.2) is 23.4 Å². The Morgan fingerprint density at radius 1 is 1.46 bits per heavy atom. The average molecular weight is 354 g/mol. The zero-order valence-corrected chi connectivity index (χ0v) is 15.0. The van der Waals surface area contributed by atoms with Crippen molar-refractivity contribution in [1.29, 1.82) is 0 Å². The minimum atomic E-state index is -1.18. The molecule has 0 amide bonds. The lowest BCUT2D eigenvalue weighted by Crippen LogP contribution is -2.85. The number of carbonyl (C=O) groups is 1. The van der Waals surface area contributed by atoms with Crippen LogP contribution < -0.4 is 4.74 Å². The Labute approximate surface area is 153 Å². The fourth-order valence-electron chi connectivity index (χ4n) is 6.54. The molecule has 5 rings (SSSR count). The first-order chi connectivity index (χ1) is 12.2. The minimum absolute atomic E-state index is 0.00113. The van der Waals surface area contributed by atoms with Crippen molar-refractivity contribution in [2.45, 2.75) is 55.3 Å². The number of hydrogen-bond donors (Lipinski definition) is 2. The van der Waals surface area contributed by atoms with Crippen LogP contribution in [0, 0.1) is 7.05 Å². The Morgan fingerprint density at radius 2 is 2.23 bits per heavy atom. The number of piperidine rings is 1. The van der Waals surface area contributed by atoms with Gasteiger partial charge in [0.05, 0.1) is 18.5 Å². The van der Waals surface area contributed by atoms with Crippen molar-refractivity contribution in [3.05, 3.63) is 43.0 Å². The number of ether oxygens (including phenoxy) is 1. The number of phenols is 1. The number of aromatic hydroxyl groups is 1. The summed E-state index contributed by atoms with van der Waals surface area (Å²) in [6, 6.07) is 3.51. The summed E-state index contributed by atoms with van der Waals surface area (Å²) in [4.78, 5) is 12.8. The highest BCUT2D eigenvalue weighted by atomic mass is 16.5. The van der Waals surface area contributed by atoms with Crippen molar-refractivity contribution in [2.24, 2.45) is 0 Å². The number of nitrogens with zero attached hydrogens (tertiary/aromatic N) is 1. The van der Waals surface area contributed by atoms with Crippen LogP contribution in [0.4, 0.5) is 0 Å². The van der Waals surface area contributed by atoms with Gasteiger partial charge in [-0.2, -0.15) is 0 Å². The van der Waals surface area contributed by atoms with Crippen LogP contribution in [0.25, 0.3) is 0 Å². The lowest BCUT2D eigenvalue weighted by molar-refractivity contribution is -0.948. The first-order valence-corrected chi connectivity index (χ1v) is 9.28. The summed E-state index contributed by atoms with van der Waals surface area (Å²) in [5.41, 5.74) is -0.839. The molecular formula is C21H24NO4+. The smallest absolute Gasteiger partial charge is 0.207 e. The van der Waals surface area contributed by atoms with Gasteiger partial charge in [0, 0.05) is 24.8 Å². The number of aliphatic hydroxyl groups is 1. The van der Waals surface area contributed by atoms with Crippen molar-refractivity contribution in [3.63, 3.8) is 0 Å². The van der Waals surface area contributed by atoms with E-state index >= 15 is 0 Å². The average Bonchev–Trinajstić information content (AvgIpc) is 2.96. The van der Waals surface area contributed by atoms with Gasteiger partial charge in [-0.05, 0) is 31.1 Å². The molecule has 26 heavy (non-hydrogen) atoms. The highest BCUT2D eigenvalue weighted by Crippen LogP contribution is 2.68. The number of phenolic OH excluding ortho intramolecular Hbond substituents is 1. The quantitative estimate of drug-likeness (QED) is 0.629. The van der Waals surface area contributed by atoms with Crippen LogP contribution in [-0.4, -0.2) is 50.8 Å². The fourth-order valence-corrected chi connectivity index (χ4v) is 6.54. The molecule has 2 aliphatic heterocycles. The molecule has 2 bridgehead atoms. The Hall–Kier alpha value is -1.85. The van der Waals surface area contributed by atoms with Crippen molar-refractivity contribution >= 4 is 5.78 Å². The Kier molecular flexibility index (Phi) is 2.84. The van der Waals surface area contributed by atoms with E-state index in [1.165, 1.54) is 0 Å². The number of rotatable bonds is 2. The molecule has 5 atom stereocenters. The molecule has 2 N–H and O–H groups in total. The van der Waals surface area contributed by atoms with E-state index in [9.17, 15) is 15.0 Å². The second-order valence-electron chi connectivity index (χ2n) is 8.67. The zero-order chi connectivity index (χ0) is 18.5. The van der Waals surface area contributed by atoms with Crippen molar-refractivity contribution in [3.8, 4) is 11.5 Å². The molecule has 1 saturated carbocycles. The number of likely N-dealkylation sites (tertiary alicyclic amines) is 1. The first-order valence-electron chi connectivity index (χ1n) is 9.28. The monoisotopic (exact) mass is 354 g/mol. The number of Topliss-reactive ketones (excluding diaryl/α,β-unsaturated/α-hetero) is 1. The zero-order valence-electron chi connectivity index (χ0n) is 15.0. The maximum atomic E-state index is 12.8. The molecule has 2 aliphatic carbocycles. The van der Waals surface area contributed by atoms with E-state index in [-0.39, 0.29) is 22.4 Å². The van der Waals surface area contributed by atoms with Gasteiger partial charge < -0.3 is 19.4 Å². The number of quaternary nitrogens is 1. The Morgan fingerprint density at radius 3 is 2.96 bits per heavy atom. The maximum absolute atomic E-state index is 12.8. The van der Waals surface area contributed by atoms with Gasteiger partial charge in [-0.25, -0.2) is 0 Å². The van der Waals surface area contributed by atoms with Gasteiger partial charge in [0.2, 0.25) is 7.05 Å². The molecule has 2 heterocycles. The minimum Gasteiger partial charge on any atom is -0.504 e. The van der Waals surface area contributed by atoms with E-state index in [2.05, 4.69) is 6.58 Å². The molecule has 2 fully saturated rings. The van der Waals surface area contributed by atoms with Crippen LogP contribution in [0.15, 0.2) is 24.8 Å². The molecule has 1 aromatic rings. The summed E-state index contributed by atoms with van der Waals surface area (Å²) in [6.07, 6.45) is 2.80. The molecular weight excluding hydrogens is 330 g/mol. The Bertz CT molecular complexity index is 866. The van der Waals surface area contributed by atoms with Crippen molar-refractivity contribution in [1.82, 2.24) is 0 Å². The van der Waals surface area contributed by atoms with E-state index in [1.807, 2.05) is 13.0 Å². The predicted octanol–water partition coefficient (Wildman–Crippen LogP) is 1.87. The van der Waals surface area contributed by atoms with Crippen molar-refractivity contribution in [2.75, 3.05) is 13.1 Å². The molecule has 5 unspecified atom stereocenters. The van der Waals surface area contributed by atoms with Crippen LogP contribution in [-0.2, 0) is 16.6 Å². The number of benzene rings is 1. The molecule has 2 radical (unpaired) electrons. The maximum Gasteiger partial charge on any atom is 0.207 e. The molecule has 5 heteroatoms. The number of ketones is 1. The topological polar surface area (TPSA) is 66.8 Å². The largest absolute Gasteiger partial charge is 0.504 e. The summed E-state index contributed by atoms with van der Waals surface area (Å²) >= 11 is 0. The van der Waals surface area contributed by atoms with Gasteiger partial charge in [0.1, 0.15) is 11.1 Å². The second-order valence-corrected chi connectivity index (χ2v) is 8.67. The second kappa shape index (κ2) is 4.52. The summed E-state index contributed by atoms with van der Waals surface area (Å²) in [5, 5.41) is 22.6. The fraction of sp³-hybridized carbons (Fsp3) is 0.524. The molecule has 136 valence electrons. The Balaban J connectivity index is 1.87. The highest BCUT2D eigenvalue weighted by Gasteiger charge is 2.80. The van der Waals surface area contributed by atoms with Gasteiger partial charge in [-0.1, -0.05) is 12.6 Å². The summed E-state index contributed by atoms with van der Waals surface area (Å²) < 4.78 is 6.23. The molecule has 1 saturated heterocycles. The van der Waals surface area contributed by atoms with Gasteiger partial charge in [-0.15, -0.1) is 0 Å². The first kappa shape index (κ1) is 16.3. The van der Waals surface area contributed by atoms with E-state index in [0.29, 0.717) is 38.1 Å². The van der Waals surface area contributed by atoms with Crippen LogP contribution in [0.2, 0.25) is 0 Å². The number of hydrogen-bond acceptors (Lipinski definition) is 4.